The molecule has 1 unspecified atom stereocenters. The zero-order valence-electron chi connectivity index (χ0n) is 13.3. The molecule has 0 spiro atoms. The molecule has 0 fully saturated rings. The summed E-state index contributed by atoms with van der Waals surface area (Å²) in [6.07, 6.45) is 0. The van der Waals surface area contributed by atoms with Gasteiger partial charge in [0.2, 0.25) is 0 Å². The van der Waals surface area contributed by atoms with Gasteiger partial charge in [-0.05, 0) is 23.9 Å². The Labute approximate surface area is 132 Å². The van der Waals surface area contributed by atoms with E-state index in [9.17, 15) is 8.42 Å². The van der Waals surface area contributed by atoms with Crippen molar-refractivity contribution in [2.24, 2.45) is 0 Å². The van der Waals surface area contributed by atoms with E-state index in [1.807, 2.05) is 37.3 Å². The zero-order chi connectivity index (χ0) is 16.2. The van der Waals surface area contributed by atoms with Crippen molar-refractivity contribution in [3.63, 3.8) is 0 Å². The monoisotopic (exact) mass is 321 g/mol. The largest absolute Gasteiger partial charge is 0.496 e. The Bertz CT molecular complexity index is 741. The Kier molecular flexibility index (Phi) is 5.42. The van der Waals surface area contributed by atoms with E-state index < -0.39 is 9.84 Å². The molecular formula is C17H23NO3S. The van der Waals surface area contributed by atoms with Gasteiger partial charge < -0.3 is 10.1 Å². The summed E-state index contributed by atoms with van der Waals surface area (Å²) in [5, 5.41) is 5.49. The minimum Gasteiger partial charge on any atom is -0.496 e. The molecule has 0 aliphatic rings. The second-order valence-corrected chi connectivity index (χ2v) is 7.79. The molecule has 2 aromatic rings. The molecule has 0 aliphatic carbocycles. The second kappa shape index (κ2) is 7.11. The van der Waals surface area contributed by atoms with E-state index in [1.165, 1.54) is 0 Å². The minimum absolute atomic E-state index is 0.0721. The molecule has 2 rings (SSSR count). The second-order valence-electron chi connectivity index (χ2n) is 5.31. The molecule has 0 aliphatic heterocycles. The van der Waals surface area contributed by atoms with Crippen LogP contribution in [0.3, 0.4) is 0 Å². The molecule has 0 amide bonds. The van der Waals surface area contributed by atoms with Gasteiger partial charge in [-0.3, -0.25) is 0 Å². The van der Waals surface area contributed by atoms with Gasteiger partial charge in [-0.25, -0.2) is 8.42 Å². The maximum Gasteiger partial charge on any atom is 0.151 e. The Hall–Kier alpha value is -1.59. The van der Waals surface area contributed by atoms with Gasteiger partial charge in [-0.1, -0.05) is 37.3 Å². The van der Waals surface area contributed by atoms with E-state index in [1.54, 1.807) is 14.0 Å². The van der Waals surface area contributed by atoms with Crippen LogP contribution in [-0.2, 0) is 9.84 Å². The van der Waals surface area contributed by atoms with Gasteiger partial charge in [0.1, 0.15) is 5.75 Å². The molecule has 22 heavy (non-hydrogen) atoms. The van der Waals surface area contributed by atoms with Crippen LogP contribution in [0.25, 0.3) is 10.8 Å². The van der Waals surface area contributed by atoms with Gasteiger partial charge in [0.05, 0.1) is 12.9 Å². The van der Waals surface area contributed by atoms with Crippen LogP contribution in [0.2, 0.25) is 0 Å². The first-order valence-corrected chi connectivity index (χ1v) is 9.30. The molecule has 0 saturated heterocycles. The van der Waals surface area contributed by atoms with Crippen molar-refractivity contribution in [2.75, 3.05) is 25.2 Å². The smallest absolute Gasteiger partial charge is 0.151 e. The van der Waals surface area contributed by atoms with Crippen molar-refractivity contribution in [1.29, 1.82) is 0 Å². The summed E-state index contributed by atoms with van der Waals surface area (Å²) >= 11 is 0. The molecule has 4 nitrogen and oxygen atoms in total. The van der Waals surface area contributed by atoms with Crippen LogP contribution in [0.1, 0.15) is 25.5 Å². The molecule has 0 aromatic heterocycles. The number of fused-ring (bicyclic) bond motifs is 1. The highest BCUT2D eigenvalue weighted by atomic mass is 32.2. The van der Waals surface area contributed by atoms with E-state index in [-0.39, 0.29) is 17.5 Å². The fraction of sp³-hybridized carbons (Fsp3) is 0.412. The number of methoxy groups -OCH3 is 1. The van der Waals surface area contributed by atoms with E-state index in [4.69, 9.17) is 4.74 Å². The van der Waals surface area contributed by atoms with Crippen molar-refractivity contribution in [3.05, 3.63) is 42.0 Å². The van der Waals surface area contributed by atoms with Gasteiger partial charge in [0.15, 0.2) is 9.84 Å². The van der Waals surface area contributed by atoms with Gasteiger partial charge in [0, 0.05) is 23.7 Å². The van der Waals surface area contributed by atoms with Crippen LogP contribution in [0.15, 0.2) is 36.4 Å². The summed E-state index contributed by atoms with van der Waals surface area (Å²) in [4.78, 5) is 0. The van der Waals surface area contributed by atoms with Crippen molar-refractivity contribution < 1.29 is 13.2 Å². The van der Waals surface area contributed by atoms with Crippen molar-refractivity contribution in [1.82, 2.24) is 5.32 Å². The Morgan fingerprint density at radius 1 is 1.14 bits per heavy atom. The van der Waals surface area contributed by atoms with E-state index in [2.05, 4.69) is 11.4 Å². The third kappa shape index (κ3) is 3.78. The number of ether oxygens (including phenoxy) is 1. The lowest BCUT2D eigenvalue weighted by molar-refractivity contribution is 0.419. The van der Waals surface area contributed by atoms with Crippen LogP contribution < -0.4 is 10.1 Å². The van der Waals surface area contributed by atoms with Gasteiger partial charge in [-0.15, -0.1) is 0 Å². The topological polar surface area (TPSA) is 55.4 Å². The summed E-state index contributed by atoms with van der Waals surface area (Å²) in [5.74, 6) is 1.20. The predicted molar refractivity (Wildman–Crippen MR) is 91.2 cm³/mol. The lowest BCUT2D eigenvalue weighted by Crippen LogP contribution is -2.26. The van der Waals surface area contributed by atoms with Gasteiger partial charge in [-0.2, -0.15) is 0 Å². The third-order valence-corrected chi connectivity index (χ3v) is 5.61. The minimum atomic E-state index is -2.93. The fourth-order valence-corrected chi connectivity index (χ4v) is 3.25. The number of benzene rings is 2. The molecule has 0 saturated carbocycles. The van der Waals surface area contributed by atoms with Crippen LogP contribution in [0.5, 0.6) is 5.75 Å². The SMILES string of the molecule is CCS(=O)(=O)CCNC(C)c1ccc(OC)c2ccccc12. The first kappa shape index (κ1) is 16.8. The normalized spacial score (nSPS) is 13.2. The highest BCUT2D eigenvalue weighted by molar-refractivity contribution is 7.91. The first-order valence-electron chi connectivity index (χ1n) is 7.48. The molecule has 2 aromatic carbocycles. The van der Waals surface area contributed by atoms with Crippen LogP contribution in [0, 0.1) is 0 Å². The lowest BCUT2D eigenvalue weighted by Gasteiger charge is -2.18. The van der Waals surface area contributed by atoms with Crippen LogP contribution in [0.4, 0.5) is 0 Å². The molecule has 5 heteroatoms. The average Bonchev–Trinajstić information content (AvgIpc) is 2.53. The van der Waals surface area contributed by atoms with Crippen molar-refractivity contribution >= 4 is 20.6 Å². The summed E-state index contributed by atoms with van der Waals surface area (Å²) in [5.41, 5.74) is 1.14. The lowest BCUT2D eigenvalue weighted by atomic mass is 9.99. The van der Waals surface area contributed by atoms with Crippen LogP contribution >= 0.6 is 0 Å². The Morgan fingerprint density at radius 3 is 2.45 bits per heavy atom. The first-order chi connectivity index (χ1) is 10.5. The molecule has 1 N–H and O–H groups in total. The Balaban J connectivity index is 2.20. The van der Waals surface area contributed by atoms with Gasteiger partial charge in [0.25, 0.3) is 0 Å². The summed E-state index contributed by atoms with van der Waals surface area (Å²) in [6, 6.07) is 12.1. The predicted octanol–water partition coefficient (Wildman–Crippen LogP) is 2.93. The number of nitrogens with one attached hydrogen (secondary N) is 1. The van der Waals surface area contributed by atoms with E-state index in [0.29, 0.717) is 6.54 Å². The highest BCUT2D eigenvalue weighted by Gasteiger charge is 2.13. The quantitative estimate of drug-likeness (QED) is 0.852. The van der Waals surface area contributed by atoms with Crippen LogP contribution in [-0.4, -0.2) is 33.6 Å². The molecule has 0 heterocycles. The summed E-state index contributed by atoms with van der Waals surface area (Å²) in [7, 11) is -1.27. The Morgan fingerprint density at radius 2 is 1.82 bits per heavy atom. The number of hydrogen-bond donors (Lipinski definition) is 1. The highest BCUT2D eigenvalue weighted by Crippen LogP contribution is 2.31. The molecule has 0 bridgehead atoms. The number of sulfone groups is 1. The maximum absolute atomic E-state index is 11.6. The van der Waals surface area contributed by atoms with E-state index in [0.717, 1.165) is 22.1 Å². The van der Waals surface area contributed by atoms with Crippen molar-refractivity contribution in [2.45, 2.75) is 19.9 Å². The zero-order valence-corrected chi connectivity index (χ0v) is 14.1. The van der Waals surface area contributed by atoms with Gasteiger partial charge >= 0.3 is 0 Å². The summed E-state index contributed by atoms with van der Waals surface area (Å²) < 4.78 is 28.5. The van der Waals surface area contributed by atoms with E-state index >= 15 is 0 Å². The summed E-state index contributed by atoms with van der Waals surface area (Å²) in [6.45, 7) is 4.18. The molecule has 0 radical (unpaired) electrons. The molecule has 1 atom stereocenters. The molecular weight excluding hydrogens is 298 g/mol. The molecule has 120 valence electrons. The number of rotatable bonds is 7. The maximum atomic E-state index is 11.6. The average molecular weight is 321 g/mol. The fourth-order valence-electron chi connectivity index (χ4n) is 2.54. The third-order valence-electron chi connectivity index (χ3n) is 3.91. The number of hydrogen-bond acceptors (Lipinski definition) is 4. The standard InChI is InChI=1S/C17H23NO3S/c1-4-22(19,20)12-11-18-13(2)14-9-10-17(21-3)16-8-6-5-7-15(14)16/h5-10,13,18H,4,11-12H2,1-3H3. The van der Waals surface area contributed by atoms with Crippen molar-refractivity contribution in [3.8, 4) is 5.75 Å².